The second-order valence-corrected chi connectivity index (χ2v) is 4.01. The summed E-state index contributed by atoms with van der Waals surface area (Å²) >= 11 is 0. The van der Waals surface area contributed by atoms with Crippen molar-refractivity contribution in [1.29, 1.82) is 0 Å². The van der Waals surface area contributed by atoms with Gasteiger partial charge in [-0.2, -0.15) is 0 Å². The van der Waals surface area contributed by atoms with Gasteiger partial charge in [0.15, 0.2) is 0 Å². The van der Waals surface area contributed by atoms with E-state index in [4.69, 9.17) is 10.5 Å². The van der Waals surface area contributed by atoms with Crippen LogP contribution in [0, 0.1) is 12.7 Å². The molecule has 0 radical (unpaired) electrons. The van der Waals surface area contributed by atoms with Gasteiger partial charge in [0.25, 0.3) is 0 Å². The van der Waals surface area contributed by atoms with E-state index in [9.17, 15) is 4.39 Å². The minimum Gasteiger partial charge on any atom is -0.497 e. The van der Waals surface area contributed by atoms with Gasteiger partial charge < -0.3 is 15.8 Å². The molecular formula is C14H15FN2O. The van der Waals surface area contributed by atoms with Crippen LogP contribution in [0.2, 0.25) is 0 Å². The monoisotopic (exact) mass is 246 g/mol. The Morgan fingerprint density at radius 1 is 1.17 bits per heavy atom. The second-order valence-electron chi connectivity index (χ2n) is 4.01. The highest BCUT2D eigenvalue weighted by Gasteiger charge is 2.06. The molecule has 2 aromatic rings. The Morgan fingerprint density at radius 2 is 1.94 bits per heavy atom. The molecule has 0 aliphatic carbocycles. The lowest BCUT2D eigenvalue weighted by Gasteiger charge is -2.13. The van der Waals surface area contributed by atoms with Crippen LogP contribution in [0.4, 0.5) is 21.5 Å². The summed E-state index contributed by atoms with van der Waals surface area (Å²) in [5.41, 5.74) is 8.22. The molecule has 0 spiro atoms. The molecule has 18 heavy (non-hydrogen) atoms. The van der Waals surface area contributed by atoms with E-state index in [0.29, 0.717) is 5.69 Å². The van der Waals surface area contributed by atoms with E-state index in [0.717, 1.165) is 17.0 Å². The predicted molar refractivity (Wildman–Crippen MR) is 71.8 cm³/mol. The van der Waals surface area contributed by atoms with Crippen LogP contribution in [0.15, 0.2) is 36.4 Å². The molecule has 0 aromatic heterocycles. The highest BCUT2D eigenvalue weighted by atomic mass is 19.1. The summed E-state index contributed by atoms with van der Waals surface area (Å²) in [6, 6.07) is 10.3. The zero-order valence-corrected chi connectivity index (χ0v) is 10.3. The molecule has 0 bridgehead atoms. The van der Waals surface area contributed by atoms with Gasteiger partial charge in [-0.1, -0.05) is 6.07 Å². The smallest absolute Gasteiger partial charge is 0.148 e. The fourth-order valence-electron chi connectivity index (χ4n) is 1.69. The average Bonchev–Trinajstić information content (AvgIpc) is 2.37. The number of nitrogens with two attached hydrogens (primary N) is 1. The lowest BCUT2D eigenvalue weighted by Crippen LogP contribution is -2.00. The molecule has 0 aliphatic heterocycles. The first-order chi connectivity index (χ1) is 8.61. The zero-order valence-electron chi connectivity index (χ0n) is 10.3. The molecule has 0 aliphatic rings. The molecule has 4 heteroatoms. The second kappa shape index (κ2) is 4.96. The summed E-state index contributed by atoms with van der Waals surface area (Å²) in [7, 11) is 1.62. The van der Waals surface area contributed by atoms with Crippen molar-refractivity contribution in [2.24, 2.45) is 0 Å². The molecule has 2 rings (SSSR count). The number of hydrogen-bond donors (Lipinski definition) is 2. The van der Waals surface area contributed by atoms with Gasteiger partial charge in [0.05, 0.1) is 18.5 Å². The van der Waals surface area contributed by atoms with E-state index in [1.807, 2.05) is 25.1 Å². The molecule has 94 valence electrons. The van der Waals surface area contributed by atoms with Crippen LogP contribution in [0.5, 0.6) is 5.75 Å². The fraction of sp³-hybridized carbons (Fsp3) is 0.143. The van der Waals surface area contributed by atoms with Crippen LogP contribution >= 0.6 is 0 Å². The summed E-state index contributed by atoms with van der Waals surface area (Å²) in [4.78, 5) is 0. The quantitative estimate of drug-likeness (QED) is 0.815. The predicted octanol–water partition coefficient (Wildman–Crippen LogP) is 3.47. The summed E-state index contributed by atoms with van der Waals surface area (Å²) in [6.07, 6.45) is 0. The molecule has 0 fully saturated rings. The van der Waals surface area contributed by atoms with Crippen molar-refractivity contribution in [2.75, 3.05) is 18.2 Å². The molecule has 0 atom stereocenters. The SMILES string of the molecule is COc1ccc(Nc2cccc(F)c2N)c(C)c1. The highest BCUT2D eigenvalue weighted by Crippen LogP contribution is 2.28. The Balaban J connectivity index is 2.31. The maximum Gasteiger partial charge on any atom is 0.148 e. The van der Waals surface area contributed by atoms with E-state index in [2.05, 4.69) is 5.32 Å². The third-order valence-corrected chi connectivity index (χ3v) is 2.76. The Labute approximate surface area is 105 Å². The van der Waals surface area contributed by atoms with Crippen molar-refractivity contribution in [3.05, 3.63) is 47.8 Å². The number of para-hydroxylation sites is 1. The normalized spacial score (nSPS) is 10.2. The third kappa shape index (κ3) is 2.37. The number of methoxy groups -OCH3 is 1. The van der Waals surface area contributed by atoms with Crippen molar-refractivity contribution in [1.82, 2.24) is 0 Å². The number of aryl methyl sites for hydroxylation is 1. The van der Waals surface area contributed by atoms with Crippen LogP contribution in [0.1, 0.15) is 5.56 Å². The third-order valence-electron chi connectivity index (χ3n) is 2.76. The lowest BCUT2D eigenvalue weighted by atomic mass is 10.1. The van der Waals surface area contributed by atoms with E-state index in [1.54, 1.807) is 19.2 Å². The molecule has 0 heterocycles. The number of nitrogens with one attached hydrogen (secondary N) is 1. The summed E-state index contributed by atoms with van der Waals surface area (Å²) in [6.45, 7) is 1.94. The Hall–Kier alpha value is -2.23. The first-order valence-corrected chi connectivity index (χ1v) is 5.57. The van der Waals surface area contributed by atoms with Crippen molar-refractivity contribution >= 4 is 17.1 Å². The van der Waals surface area contributed by atoms with Gasteiger partial charge in [0.1, 0.15) is 11.6 Å². The van der Waals surface area contributed by atoms with Crippen molar-refractivity contribution < 1.29 is 9.13 Å². The molecular weight excluding hydrogens is 231 g/mol. The largest absolute Gasteiger partial charge is 0.497 e. The summed E-state index contributed by atoms with van der Waals surface area (Å²) in [5.74, 6) is 0.358. The molecule has 0 saturated carbocycles. The van der Waals surface area contributed by atoms with Gasteiger partial charge in [-0.05, 0) is 42.8 Å². The number of ether oxygens (including phenoxy) is 1. The number of nitrogen functional groups attached to an aromatic ring is 1. The van der Waals surface area contributed by atoms with E-state index in [-0.39, 0.29) is 5.69 Å². The summed E-state index contributed by atoms with van der Waals surface area (Å²) in [5, 5.41) is 3.11. The maximum atomic E-state index is 13.3. The highest BCUT2D eigenvalue weighted by molar-refractivity contribution is 5.74. The van der Waals surface area contributed by atoms with Crippen molar-refractivity contribution in [3.8, 4) is 5.75 Å². The van der Waals surface area contributed by atoms with Gasteiger partial charge in [-0.25, -0.2) is 4.39 Å². The molecule has 2 aromatic carbocycles. The number of benzene rings is 2. The number of anilines is 3. The first kappa shape index (κ1) is 12.2. The van der Waals surface area contributed by atoms with Crippen LogP contribution in [-0.4, -0.2) is 7.11 Å². The standard InChI is InChI=1S/C14H15FN2O/c1-9-8-10(18-2)6-7-12(9)17-13-5-3-4-11(15)14(13)16/h3-8,17H,16H2,1-2H3. The van der Waals surface area contributed by atoms with Crippen molar-refractivity contribution in [2.45, 2.75) is 6.92 Å². The fourth-order valence-corrected chi connectivity index (χ4v) is 1.69. The van der Waals surface area contributed by atoms with E-state index < -0.39 is 5.82 Å². The Morgan fingerprint density at radius 3 is 2.61 bits per heavy atom. The minimum atomic E-state index is -0.425. The van der Waals surface area contributed by atoms with Crippen LogP contribution in [-0.2, 0) is 0 Å². The molecule has 0 unspecified atom stereocenters. The molecule has 0 amide bonds. The van der Waals surface area contributed by atoms with Crippen LogP contribution in [0.25, 0.3) is 0 Å². The first-order valence-electron chi connectivity index (χ1n) is 5.57. The average molecular weight is 246 g/mol. The van der Waals surface area contributed by atoms with Crippen LogP contribution in [0.3, 0.4) is 0 Å². The number of halogens is 1. The lowest BCUT2D eigenvalue weighted by molar-refractivity contribution is 0.414. The van der Waals surface area contributed by atoms with Gasteiger partial charge in [-0.15, -0.1) is 0 Å². The van der Waals surface area contributed by atoms with Crippen LogP contribution < -0.4 is 15.8 Å². The van der Waals surface area contributed by atoms with Gasteiger partial charge in [0.2, 0.25) is 0 Å². The minimum absolute atomic E-state index is 0.118. The Kier molecular flexibility index (Phi) is 3.37. The van der Waals surface area contributed by atoms with Crippen molar-refractivity contribution in [3.63, 3.8) is 0 Å². The van der Waals surface area contributed by atoms with E-state index in [1.165, 1.54) is 6.07 Å². The van der Waals surface area contributed by atoms with Gasteiger partial charge >= 0.3 is 0 Å². The Bertz CT molecular complexity index is 570. The van der Waals surface area contributed by atoms with Gasteiger partial charge in [-0.3, -0.25) is 0 Å². The topological polar surface area (TPSA) is 47.3 Å². The van der Waals surface area contributed by atoms with E-state index >= 15 is 0 Å². The molecule has 3 N–H and O–H groups in total. The number of rotatable bonds is 3. The van der Waals surface area contributed by atoms with Gasteiger partial charge in [0, 0.05) is 5.69 Å². The molecule has 3 nitrogen and oxygen atoms in total. The summed E-state index contributed by atoms with van der Waals surface area (Å²) < 4.78 is 18.4. The number of hydrogen-bond acceptors (Lipinski definition) is 3. The maximum absolute atomic E-state index is 13.3. The molecule has 0 saturated heterocycles. The zero-order chi connectivity index (χ0) is 13.1.